The number of ether oxygens (including phenoxy) is 6. The minimum Gasteiger partial charge on any atom is -0.394 e. The predicted molar refractivity (Wildman–Crippen MR) is 111 cm³/mol. The van der Waals surface area contributed by atoms with E-state index in [0.29, 0.717) is 19.4 Å². The molecule has 0 aliphatic rings. The van der Waals surface area contributed by atoms with Gasteiger partial charge in [-0.05, 0) is 32.1 Å². The van der Waals surface area contributed by atoms with Crippen molar-refractivity contribution < 1.29 is 38.6 Å². The first kappa shape index (κ1) is 28.7. The lowest BCUT2D eigenvalue weighted by atomic mass is 10.3. The maximum Gasteiger partial charge on any atom is 0.181 e. The van der Waals surface area contributed by atoms with Crippen LogP contribution in [0.2, 0.25) is 0 Å². The maximum atomic E-state index is 9.44. The molecule has 0 aliphatic carbocycles. The zero-order chi connectivity index (χ0) is 22.1. The molecule has 0 spiro atoms. The van der Waals surface area contributed by atoms with Gasteiger partial charge in [-0.15, -0.1) is 0 Å². The van der Waals surface area contributed by atoms with E-state index < -0.39 is 6.29 Å². The first-order valence-electron chi connectivity index (χ1n) is 10.9. The molecular formula is C21H44O8. The van der Waals surface area contributed by atoms with Gasteiger partial charge in [-0.25, -0.2) is 0 Å². The van der Waals surface area contributed by atoms with Gasteiger partial charge in [-0.1, -0.05) is 34.6 Å². The number of hydrogen-bond acceptors (Lipinski definition) is 8. The first-order chi connectivity index (χ1) is 14.0. The van der Waals surface area contributed by atoms with Crippen LogP contribution in [-0.4, -0.2) is 80.9 Å². The summed E-state index contributed by atoms with van der Waals surface area (Å²) in [5, 5.41) is 18.7. The number of rotatable bonds is 20. The third kappa shape index (κ3) is 12.9. The second-order valence-corrected chi connectivity index (χ2v) is 6.87. The summed E-state index contributed by atoms with van der Waals surface area (Å²) in [6.07, 6.45) is 1.63. The topological polar surface area (TPSA) is 95.8 Å². The molecule has 0 aromatic carbocycles. The summed E-state index contributed by atoms with van der Waals surface area (Å²) in [7, 11) is 1.64. The van der Waals surface area contributed by atoms with Crippen molar-refractivity contribution in [2.45, 2.75) is 104 Å². The van der Waals surface area contributed by atoms with Crippen molar-refractivity contribution in [3.63, 3.8) is 0 Å². The monoisotopic (exact) mass is 424 g/mol. The van der Waals surface area contributed by atoms with Crippen LogP contribution in [0.5, 0.6) is 0 Å². The zero-order valence-electron chi connectivity index (χ0n) is 19.2. The molecule has 0 fully saturated rings. The summed E-state index contributed by atoms with van der Waals surface area (Å²) in [5.41, 5.74) is 0. The van der Waals surface area contributed by atoms with E-state index in [0.717, 1.165) is 19.3 Å². The van der Waals surface area contributed by atoms with E-state index in [1.807, 2.05) is 34.6 Å². The molecular weight excluding hydrogens is 380 g/mol. The molecule has 2 N–H and O–H groups in total. The molecule has 8 nitrogen and oxygen atoms in total. The van der Waals surface area contributed by atoms with Gasteiger partial charge in [-0.3, -0.25) is 0 Å². The molecule has 0 bridgehead atoms. The minimum atomic E-state index is -0.788. The highest BCUT2D eigenvalue weighted by Crippen LogP contribution is 2.14. The van der Waals surface area contributed by atoms with Crippen molar-refractivity contribution in [1.82, 2.24) is 0 Å². The summed E-state index contributed by atoms with van der Waals surface area (Å²) < 4.78 is 34.3. The van der Waals surface area contributed by atoms with Gasteiger partial charge in [0.15, 0.2) is 18.9 Å². The van der Waals surface area contributed by atoms with Gasteiger partial charge in [-0.2, -0.15) is 0 Å². The van der Waals surface area contributed by atoms with Gasteiger partial charge in [0.05, 0.1) is 44.7 Å². The van der Waals surface area contributed by atoms with Gasteiger partial charge in [0, 0.05) is 7.11 Å². The Bertz CT molecular complexity index is 318. The van der Waals surface area contributed by atoms with Gasteiger partial charge < -0.3 is 38.6 Å². The van der Waals surface area contributed by atoms with Crippen molar-refractivity contribution in [2.75, 3.05) is 33.5 Å². The van der Waals surface area contributed by atoms with E-state index in [1.54, 1.807) is 7.11 Å². The quantitative estimate of drug-likeness (QED) is 0.288. The summed E-state index contributed by atoms with van der Waals surface area (Å²) in [4.78, 5) is 0. The van der Waals surface area contributed by atoms with E-state index in [4.69, 9.17) is 28.4 Å². The van der Waals surface area contributed by atoms with Crippen molar-refractivity contribution >= 4 is 0 Å². The van der Waals surface area contributed by atoms with E-state index in [2.05, 4.69) is 0 Å². The van der Waals surface area contributed by atoms with Crippen molar-refractivity contribution in [2.24, 2.45) is 0 Å². The summed E-state index contributed by atoms with van der Waals surface area (Å²) in [6.45, 7) is 10.2. The average molecular weight is 425 g/mol. The molecule has 0 amide bonds. The van der Waals surface area contributed by atoms with Crippen LogP contribution in [0.4, 0.5) is 0 Å². The molecule has 176 valence electrons. The minimum absolute atomic E-state index is 0.0643. The Balaban J connectivity index is 4.50. The zero-order valence-corrected chi connectivity index (χ0v) is 19.2. The van der Waals surface area contributed by atoms with Crippen LogP contribution in [0.1, 0.15) is 66.7 Å². The Morgan fingerprint density at radius 3 is 1.38 bits per heavy atom. The maximum absolute atomic E-state index is 9.44. The summed E-state index contributed by atoms with van der Waals surface area (Å²) in [5.74, 6) is 0. The van der Waals surface area contributed by atoms with Crippen molar-refractivity contribution in [3.8, 4) is 0 Å². The largest absolute Gasteiger partial charge is 0.394 e. The third-order valence-corrected chi connectivity index (χ3v) is 4.62. The predicted octanol–water partition coefficient (Wildman–Crippen LogP) is 2.83. The lowest BCUT2D eigenvalue weighted by Gasteiger charge is -2.28. The molecule has 0 aromatic heterocycles. The molecule has 0 aromatic rings. The Morgan fingerprint density at radius 2 is 1.00 bits per heavy atom. The molecule has 8 heteroatoms. The third-order valence-electron chi connectivity index (χ3n) is 4.62. The fraction of sp³-hybridized carbons (Fsp3) is 1.00. The van der Waals surface area contributed by atoms with Gasteiger partial charge in [0.1, 0.15) is 0 Å². The molecule has 0 saturated carbocycles. The van der Waals surface area contributed by atoms with Crippen LogP contribution in [0.15, 0.2) is 0 Å². The van der Waals surface area contributed by atoms with Crippen LogP contribution in [0.3, 0.4) is 0 Å². The Labute approximate surface area is 176 Å². The van der Waals surface area contributed by atoms with Crippen LogP contribution < -0.4 is 0 Å². The number of aliphatic hydroxyl groups is 2. The highest BCUT2D eigenvalue weighted by atomic mass is 16.7. The molecule has 29 heavy (non-hydrogen) atoms. The fourth-order valence-electron chi connectivity index (χ4n) is 2.56. The normalized spacial score (nSPS) is 18.2. The lowest BCUT2D eigenvalue weighted by Crippen LogP contribution is -2.35. The van der Waals surface area contributed by atoms with Crippen LogP contribution in [0.25, 0.3) is 0 Å². The average Bonchev–Trinajstić information content (AvgIpc) is 2.77. The van der Waals surface area contributed by atoms with Crippen LogP contribution in [-0.2, 0) is 28.4 Å². The molecule has 6 unspecified atom stereocenters. The van der Waals surface area contributed by atoms with Crippen LogP contribution >= 0.6 is 0 Å². The second kappa shape index (κ2) is 18.4. The van der Waals surface area contributed by atoms with Gasteiger partial charge in [0.25, 0.3) is 0 Å². The molecule has 0 saturated heterocycles. The highest BCUT2D eigenvalue weighted by molar-refractivity contribution is 4.61. The molecule has 0 rings (SSSR count). The van der Waals surface area contributed by atoms with E-state index in [1.165, 1.54) is 0 Å². The van der Waals surface area contributed by atoms with E-state index in [-0.39, 0.29) is 50.7 Å². The SMILES string of the molecule is CCC(COC(CC)OC(CC)COC(CO)OC(CC)CO)OC(CC)OC. The van der Waals surface area contributed by atoms with Gasteiger partial charge >= 0.3 is 0 Å². The van der Waals surface area contributed by atoms with Crippen molar-refractivity contribution in [1.29, 1.82) is 0 Å². The van der Waals surface area contributed by atoms with Crippen LogP contribution in [0, 0.1) is 0 Å². The molecule has 0 radical (unpaired) electrons. The molecule has 6 atom stereocenters. The number of methoxy groups -OCH3 is 1. The van der Waals surface area contributed by atoms with E-state index in [9.17, 15) is 10.2 Å². The van der Waals surface area contributed by atoms with E-state index >= 15 is 0 Å². The summed E-state index contributed by atoms with van der Waals surface area (Å²) in [6, 6.07) is 0. The standard InChI is InChI=1S/C21H44O8/c1-7-16(12-22)27-21(13-23)26-15-18(9-3)29-20(11-5)25-14-17(8-2)28-19(10-4)24-6/h16-23H,7-15H2,1-6H3. The number of aliphatic hydroxyl groups excluding tert-OH is 2. The van der Waals surface area contributed by atoms with Gasteiger partial charge in [0.2, 0.25) is 0 Å². The second-order valence-electron chi connectivity index (χ2n) is 6.87. The lowest BCUT2D eigenvalue weighted by molar-refractivity contribution is -0.239. The number of hydrogen-bond donors (Lipinski definition) is 2. The Hall–Kier alpha value is -0.320. The Morgan fingerprint density at radius 1 is 0.552 bits per heavy atom. The Kier molecular flexibility index (Phi) is 18.2. The van der Waals surface area contributed by atoms with Crippen molar-refractivity contribution in [3.05, 3.63) is 0 Å². The fourth-order valence-corrected chi connectivity index (χ4v) is 2.56. The smallest absolute Gasteiger partial charge is 0.181 e. The summed E-state index contributed by atoms with van der Waals surface area (Å²) >= 11 is 0. The first-order valence-corrected chi connectivity index (χ1v) is 10.9. The highest BCUT2D eigenvalue weighted by Gasteiger charge is 2.21. The molecule has 0 aliphatic heterocycles. The molecule has 0 heterocycles.